The zero-order valence-corrected chi connectivity index (χ0v) is 9.01. The highest BCUT2D eigenvalue weighted by Crippen LogP contribution is 2.16. The van der Waals surface area contributed by atoms with Gasteiger partial charge in [-0.05, 0) is 12.1 Å². The molecule has 0 saturated heterocycles. The summed E-state index contributed by atoms with van der Waals surface area (Å²) in [6, 6.07) is 5.58. The molecule has 16 heavy (non-hydrogen) atoms. The second kappa shape index (κ2) is 4.67. The van der Waals surface area contributed by atoms with Gasteiger partial charge in [0.15, 0.2) is 5.82 Å². The van der Waals surface area contributed by atoms with E-state index in [9.17, 15) is 0 Å². The first-order chi connectivity index (χ1) is 7.83. The van der Waals surface area contributed by atoms with Crippen LogP contribution >= 0.6 is 0 Å². The van der Waals surface area contributed by atoms with E-state index < -0.39 is 0 Å². The Morgan fingerprint density at radius 1 is 1.25 bits per heavy atom. The van der Waals surface area contributed by atoms with Gasteiger partial charge in [0.1, 0.15) is 5.82 Å². The summed E-state index contributed by atoms with van der Waals surface area (Å²) in [7, 11) is 1.82. The van der Waals surface area contributed by atoms with E-state index in [1.165, 1.54) is 0 Å². The molecule has 0 amide bonds. The summed E-state index contributed by atoms with van der Waals surface area (Å²) in [5.41, 5.74) is 7.33. The van der Waals surface area contributed by atoms with Crippen LogP contribution < -0.4 is 11.1 Å². The maximum atomic E-state index is 5.59. The molecule has 5 heteroatoms. The quantitative estimate of drug-likeness (QED) is 0.800. The summed E-state index contributed by atoms with van der Waals surface area (Å²) in [5, 5.41) is 2.99. The molecule has 2 heterocycles. The predicted octanol–water partition coefficient (Wildman–Crippen LogP) is 1.04. The minimum absolute atomic E-state index is 0.398. The van der Waals surface area contributed by atoms with Crippen LogP contribution in [0.1, 0.15) is 5.69 Å². The van der Waals surface area contributed by atoms with Gasteiger partial charge in [-0.3, -0.25) is 4.98 Å². The lowest BCUT2D eigenvalue weighted by molar-refractivity contribution is 0.970. The lowest BCUT2D eigenvalue weighted by Gasteiger charge is -2.06. The van der Waals surface area contributed by atoms with Crippen LogP contribution in [0.4, 0.5) is 5.82 Å². The van der Waals surface area contributed by atoms with Crippen LogP contribution in [0, 0.1) is 0 Å². The minimum Gasteiger partial charge on any atom is -0.373 e. The Morgan fingerprint density at radius 2 is 2.00 bits per heavy atom. The molecule has 0 atom stereocenters. The molecule has 0 aliphatic carbocycles. The highest BCUT2D eigenvalue weighted by Gasteiger charge is 2.04. The number of nitrogens with zero attached hydrogens (tertiary/aromatic N) is 3. The van der Waals surface area contributed by atoms with Gasteiger partial charge in [0, 0.05) is 37.6 Å². The molecule has 0 bridgehead atoms. The maximum Gasteiger partial charge on any atom is 0.161 e. The highest BCUT2D eigenvalue weighted by molar-refractivity contribution is 5.56. The van der Waals surface area contributed by atoms with Gasteiger partial charge in [-0.2, -0.15) is 0 Å². The summed E-state index contributed by atoms with van der Waals surface area (Å²) < 4.78 is 0. The van der Waals surface area contributed by atoms with Crippen molar-refractivity contribution in [3.05, 3.63) is 36.3 Å². The smallest absolute Gasteiger partial charge is 0.161 e. The molecular formula is C11H13N5. The summed E-state index contributed by atoms with van der Waals surface area (Å²) >= 11 is 0. The van der Waals surface area contributed by atoms with Gasteiger partial charge >= 0.3 is 0 Å². The number of hydrogen-bond donors (Lipinski definition) is 2. The molecule has 0 fully saturated rings. The molecule has 5 nitrogen and oxygen atoms in total. The largest absolute Gasteiger partial charge is 0.373 e. The van der Waals surface area contributed by atoms with Crippen molar-refractivity contribution in [2.45, 2.75) is 6.54 Å². The molecule has 2 aromatic heterocycles. The number of nitrogens with one attached hydrogen (secondary N) is 1. The molecule has 0 saturated carbocycles. The summed E-state index contributed by atoms with van der Waals surface area (Å²) in [6.45, 7) is 0.398. The van der Waals surface area contributed by atoms with Gasteiger partial charge in [-0.25, -0.2) is 9.97 Å². The normalized spacial score (nSPS) is 10.1. The van der Waals surface area contributed by atoms with Crippen LogP contribution in [0.2, 0.25) is 0 Å². The van der Waals surface area contributed by atoms with Gasteiger partial charge in [0.05, 0.1) is 5.69 Å². The van der Waals surface area contributed by atoms with Gasteiger partial charge < -0.3 is 11.1 Å². The lowest BCUT2D eigenvalue weighted by atomic mass is 10.2. The van der Waals surface area contributed by atoms with E-state index in [0.717, 1.165) is 17.1 Å². The SMILES string of the molecule is CNc1cc(CN)nc(-c2ccncc2)n1. The first-order valence-electron chi connectivity index (χ1n) is 4.99. The Balaban J connectivity index is 2.48. The standard InChI is InChI=1S/C11H13N5/c1-13-10-6-9(7-12)15-11(16-10)8-2-4-14-5-3-8/h2-6H,7,12H2,1H3,(H,13,15,16). The molecule has 0 aromatic carbocycles. The summed E-state index contributed by atoms with van der Waals surface area (Å²) in [6.07, 6.45) is 3.43. The molecule has 2 aromatic rings. The molecule has 2 rings (SSSR count). The number of aromatic nitrogens is 3. The Bertz CT molecular complexity index is 447. The van der Waals surface area contributed by atoms with E-state index in [-0.39, 0.29) is 0 Å². The van der Waals surface area contributed by atoms with Crippen molar-refractivity contribution in [3.63, 3.8) is 0 Å². The predicted molar refractivity (Wildman–Crippen MR) is 62.7 cm³/mol. The molecule has 0 unspecified atom stereocenters. The van der Waals surface area contributed by atoms with Crippen LogP contribution in [-0.4, -0.2) is 22.0 Å². The molecule has 0 radical (unpaired) electrons. The zero-order chi connectivity index (χ0) is 11.4. The van der Waals surface area contributed by atoms with Crippen molar-refractivity contribution < 1.29 is 0 Å². The number of hydrogen-bond acceptors (Lipinski definition) is 5. The second-order valence-electron chi connectivity index (χ2n) is 3.26. The van der Waals surface area contributed by atoms with Crippen molar-refractivity contribution in [1.29, 1.82) is 0 Å². The van der Waals surface area contributed by atoms with Crippen LogP contribution in [0.25, 0.3) is 11.4 Å². The molecule has 82 valence electrons. The van der Waals surface area contributed by atoms with Crippen molar-refractivity contribution >= 4 is 5.82 Å². The first kappa shape index (κ1) is 10.5. The Morgan fingerprint density at radius 3 is 2.62 bits per heavy atom. The van der Waals surface area contributed by atoms with Crippen LogP contribution in [0.5, 0.6) is 0 Å². The topological polar surface area (TPSA) is 76.7 Å². The lowest BCUT2D eigenvalue weighted by Crippen LogP contribution is -2.05. The fraction of sp³-hybridized carbons (Fsp3) is 0.182. The van der Waals surface area contributed by atoms with Gasteiger partial charge in [-0.1, -0.05) is 0 Å². The number of pyridine rings is 1. The van der Waals surface area contributed by atoms with Gasteiger partial charge in [0.2, 0.25) is 0 Å². The summed E-state index contributed by atoms with van der Waals surface area (Å²) in [5.74, 6) is 1.43. The van der Waals surface area contributed by atoms with E-state index in [1.807, 2.05) is 25.2 Å². The third-order valence-electron chi connectivity index (χ3n) is 2.18. The highest BCUT2D eigenvalue weighted by atomic mass is 15.0. The van der Waals surface area contributed by atoms with Crippen molar-refractivity contribution in [1.82, 2.24) is 15.0 Å². The second-order valence-corrected chi connectivity index (χ2v) is 3.26. The monoisotopic (exact) mass is 215 g/mol. The Kier molecular flexibility index (Phi) is 3.07. The fourth-order valence-electron chi connectivity index (χ4n) is 1.36. The number of nitrogens with two attached hydrogens (primary N) is 1. The van der Waals surface area contributed by atoms with Crippen LogP contribution in [-0.2, 0) is 6.54 Å². The van der Waals surface area contributed by atoms with Crippen molar-refractivity contribution in [2.75, 3.05) is 12.4 Å². The number of rotatable bonds is 3. The molecular weight excluding hydrogens is 202 g/mol. The van der Waals surface area contributed by atoms with E-state index in [1.54, 1.807) is 12.4 Å². The Hall–Kier alpha value is -2.01. The fourth-order valence-corrected chi connectivity index (χ4v) is 1.36. The molecule has 0 spiro atoms. The average molecular weight is 215 g/mol. The Labute approximate surface area is 93.8 Å². The van der Waals surface area contributed by atoms with Crippen LogP contribution in [0.3, 0.4) is 0 Å². The summed E-state index contributed by atoms with van der Waals surface area (Å²) in [4.78, 5) is 12.7. The minimum atomic E-state index is 0.398. The zero-order valence-electron chi connectivity index (χ0n) is 9.01. The third-order valence-corrected chi connectivity index (χ3v) is 2.18. The van der Waals surface area contributed by atoms with Crippen molar-refractivity contribution in [3.8, 4) is 11.4 Å². The van der Waals surface area contributed by atoms with Gasteiger partial charge in [-0.15, -0.1) is 0 Å². The van der Waals surface area contributed by atoms with E-state index in [2.05, 4.69) is 20.3 Å². The average Bonchev–Trinajstić information content (AvgIpc) is 2.39. The molecule has 0 aliphatic rings. The van der Waals surface area contributed by atoms with Crippen molar-refractivity contribution in [2.24, 2.45) is 5.73 Å². The van der Waals surface area contributed by atoms with E-state index in [0.29, 0.717) is 12.4 Å². The van der Waals surface area contributed by atoms with Crippen LogP contribution in [0.15, 0.2) is 30.6 Å². The molecule has 3 N–H and O–H groups in total. The maximum absolute atomic E-state index is 5.59. The van der Waals surface area contributed by atoms with E-state index >= 15 is 0 Å². The van der Waals surface area contributed by atoms with Gasteiger partial charge in [0.25, 0.3) is 0 Å². The first-order valence-corrected chi connectivity index (χ1v) is 4.99. The molecule has 0 aliphatic heterocycles. The number of anilines is 1. The van der Waals surface area contributed by atoms with E-state index in [4.69, 9.17) is 5.73 Å². The third kappa shape index (κ3) is 2.14.